The molecule has 0 N–H and O–H groups in total. The summed E-state index contributed by atoms with van der Waals surface area (Å²) in [7, 11) is -2.91. The predicted octanol–water partition coefficient (Wildman–Crippen LogP) is 0.785. The van der Waals surface area contributed by atoms with Crippen molar-refractivity contribution in [2.24, 2.45) is 0 Å². The van der Waals surface area contributed by atoms with E-state index in [0.29, 0.717) is 0 Å². The molecular weight excluding hydrogens is 285 g/mol. The summed E-state index contributed by atoms with van der Waals surface area (Å²) in [6.07, 6.45) is 0. The molecule has 0 aromatic rings. The van der Waals surface area contributed by atoms with Crippen molar-refractivity contribution in [2.45, 2.75) is 0 Å². The Morgan fingerprint density at radius 1 is 1.30 bits per heavy atom. The maximum absolute atomic E-state index is 11.3. The topological polar surface area (TPSA) is 17.1 Å². The second-order valence-electron chi connectivity index (χ2n) is 1.15. The van der Waals surface area contributed by atoms with E-state index in [1.54, 1.807) is 0 Å². The van der Waals surface area contributed by atoms with Crippen LogP contribution in [0.5, 0.6) is 0 Å². The van der Waals surface area contributed by atoms with Crippen molar-refractivity contribution in [3.05, 3.63) is 0 Å². The van der Waals surface area contributed by atoms with Crippen LogP contribution in [-0.4, -0.2) is 7.74 Å². The number of hydrogen-bond donors (Lipinski definition) is 2. The highest BCUT2D eigenvalue weighted by Crippen LogP contribution is 2.14. The Bertz CT molecular complexity index is 325. The van der Waals surface area contributed by atoms with Crippen molar-refractivity contribution in [2.75, 3.05) is 0 Å². The lowest BCUT2D eigenvalue weighted by Crippen LogP contribution is -2.10. The standard InChI is InChI=1S/CH2OS8/c2-9(5,1(3)4)10(6,7)8/h(H,3,4)(H,6,7,8). The van der Waals surface area contributed by atoms with E-state index in [4.69, 9.17) is 0 Å². The molecule has 0 bridgehead atoms. The third-order valence-electron chi connectivity index (χ3n) is 0.491. The van der Waals surface area contributed by atoms with E-state index >= 15 is 0 Å². The van der Waals surface area contributed by atoms with Gasteiger partial charge >= 0.3 is 0 Å². The van der Waals surface area contributed by atoms with Crippen LogP contribution in [0.3, 0.4) is 0 Å². The van der Waals surface area contributed by atoms with E-state index in [1.165, 1.54) is 0 Å². The average molecular weight is 287 g/mol. The van der Waals surface area contributed by atoms with E-state index in [1.807, 2.05) is 0 Å². The average Bonchev–Trinajstić information content (AvgIpc) is 1.62. The van der Waals surface area contributed by atoms with Crippen molar-refractivity contribution >= 4 is 86.3 Å². The highest BCUT2D eigenvalue weighted by atomic mass is 33.9. The molecule has 1 nitrogen and oxygen atoms in total. The Labute approximate surface area is 89.4 Å². The summed E-state index contributed by atoms with van der Waals surface area (Å²) in [5, 5.41) is -2.42. The fourth-order valence-corrected chi connectivity index (χ4v) is 7.30. The third-order valence-corrected chi connectivity index (χ3v) is 16.6. The molecule has 0 saturated carbocycles. The van der Waals surface area contributed by atoms with Gasteiger partial charge in [0.1, 0.15) is 11.1 Å². The summed E-state index contributed by atoms with van der Waals surface area (Å²) in [4.78, 5) is 0. The van der Waals surface area contributed by atoms with Crippen molar-refractivity contribution in [3.63, 3.8) is 0 Å². The molecule has 0 fully saturated rings. The van der Waals surface area contributed by atoms with Gasteiger partial charge in [-0.25, -0.2) is 4.21 Å². The fourth-order valence-electron chi connectivity index (χ4n) is 0.0901. The molecular formula is CH2OS8. The Morgan fingerprint density at radius 3 is 1.60 bits per heavy atom. The minimum atomic E-state index is -2.91. The molecule has 0 aliphatic heterocycles. The van der Waals surface area contributed by atoms with Gasteiger partial charge in [0.25, 0.3) is 0 Å². The minimum absolute atomic E-state index is 0.113. The van der Waals surface area contributed by atoms with Gasteiger partial charge in [-0.3, -0.25) is 0 Å². The van der Waals surface area contributed by atoms with Crippen LogP contribution in [0, 0.1) is 0 Å². The van der Waals surface area contributed by atoms with Gasteiger partial charge in [0.05, 0.1) is 0 Å². The van der Waals surface area contributed by atoms with E-state index < -0.39 is 12.7 Å². The molecule has 0 aliphatic rings. The van der Waals surface area contributed by atoms with Crippen LogP contribution >= 0.6 is 36.5 Å². The monoisotopic (exact) mass is 286 g/mol. The Hall–Kier alpha value is 1.95. The second-order valence-corrected chi connectivity index (χ2v) is 18.8. The summed E-state index contributed by atoms with van der Waals surface area (Å²) in [5.41, 5.74) is 0. The predicted molar refractivity (Wildman–Crippen MR) is 68.2 cm³/mol. The summed E-state index contributed by atoms with van der Waals surface area (Å²) < 4.78 is 11.1. The summed E-state index contributed by atoms with van der Waals surface area (Å²) in [5.74, 6) is 0. The van der Waals surface area contributed by atoms with Crippen molar-refractivity contribution in [1.29, 1.82) is 0 Å². The minimum Gasteiger partial charge on any atom is -0.238 e. The largest absolute Gasteiger partial charge is 0.238 e. The maximum Gasteiger partial charge on any atom is 0.145 e. The maximum atomic E-state index is 11.3. The molecule has 0 radical (unpaired) electrons. The van der Waals surface area contributed by atoms with Gasteiger partial charge in [0, 0.05) is 5.21 Å². The van der Waals surface area contributed by atoms with Crippen LogP contribution in [0.2, 0.25) is 0 Å². The Kier molecular flexibility index (Phi) is 4.51. The molecule has 10 heavy (non-hydrogen) atoms. The van der Waals surface area contributed by atoms with Gasteiger partial charge in [0.15, 0.2) is 0 Å². The lowest BCUT2D eigenvalue weighted by atomic mass is 11.9. The van der Waals surface area contributed by atoms with Crippen LogP contribution in [-0.2, 0) is 46.3 Å². The molecule has 0 spiro atoms. The first-order valence-electron chi connectivity index (χ1n) is 1.65. The van der Waals surface area contributed by atoms with Gasteiger partial charge in [-0.2, -0.15) is 0 Å². The molecule has 0 aromatic heterocycles. The van der Waals surface area contributed by atoms with Crippen LogP contribution in [0.25, 0.3) is 0 Å². The summed E-state index contributed by atoms with van der Waals surface area (Å²) >= 11 is 25.8. The lowest BCUT2D eigenvalue weighted by molar-refractivity contribution is 0.697. The van der Waals surface area contributed by atoms with Gasteiger partial charge in [0.2, 0.25) is 0 Å². The van der Waals surface area contributed by atoms with E-state index in [0.717, 1.165) is 0 Å². The first kappa shape index (κ1) is 11.9. The lowest BCUT2D eigenvalue weighted by Gasteiger charge is -2.03. The Morgan fingerprint density at radius 2 is 1.60 bits per heavy atom. The Balaban J connectivity index is 5.43. The molecule has 1 atom stereocenters. The number of thiocarbonyl (C=S) groups is 1. The normalized spacial score (nSPS) is 17.8. The molecule has 0 heterocycles. The molecule has 0 amide bonds. The number of rotatable bonds is 1. The van der Waals surface area contributed by atoms with E-state index in [2.05, 4.69) is 70.1 Å². The number of thiol groups is 2. The first-order valence-corrected chi connectivity index (χ1v) is 10.0. The van der Waals surface area contributed by atoms with Gasteiger partial charge in [-0.05, 0) is 33.6 Å². The number of hydrogen-bond acceptors (Lipinski definition) is 5. The molecule has 0 aromatic carbocycles. The molecule has 60 valence electrons. The zero-order chi connectivity index (χ0) is 8.58. The van der Waals surface area contributed by atoms with Crippen LogP contribution in [0.15, 0.2) is 0 Å². The molecule has 0 saturated heterocycles. The molecule has 0 rings (SSSR count). The highest BCUT2D eigenvalue weighted by molar-refractivity contribution is 9.27. The first-order chi connectivity index (χ1) is 4.19. The molecule has 1 unspecified atom stereocenters. The summed E-state index contributed by atoms with van der Waals surface area (Å²) in [6.45, 7) is 0. The third kappa shape index (κ3) is 2.77. The second kappa shape index (κ2) is 3.77. The zero-order valence-corrected chi connectivity index (χ0v) is 10.9. The highest BCUT2D eigenvalue weighted by Gasteiger charge is 2.16. The van der Waals surface area contributed by atoms with Crippen molar-refractivity contribution < 1.29 is 4.21 Å². The van der Waals surface area contributed by atoms with Crippen molar-refractivity contribution in [3.8, 4) is 0 Å². The van der Waals surface area contributed by atoms with Crippen molar-refractivity contribution in [1.82, 2.24) is 0 Å². The summed E-state index contributed by atoms with van der Waals surface area (Å²) in [6, 6.07) is 0. The fraction of sp³-hybridized carbons (Fsp3) is 0. The van der Waals surface area contributed by atoms with Crippen LogP contribution in [0.1, 0.15) is 0 Å². The SMILES string of the molecule is O=S(=S)(C(=S)S)S(=S)(=S)S. The molecule has 9 heteroatoms. The van der Waals surface area contributed by atoms with Crippen LogP contribution in [0.4, 0.5) is 0 Å². The molecule has 0 aliphatic carbocycles. The van der Waals surface area contributed by atoms with Gasteiger partial charge in [-0.15, -0.1) is 12.6 Å². The smallest absolute Gasteiger partial charge is 0.145 e. The zero-order valence-electron chi connectivity index (χ0n) is 4.25. The quantitative estimate of drug-likeness (QED) is 0.420. The van der Waals surface area contributed by atoms with Gasteiger partial charge < -0.3 is 0 Å². The van der Waals surface area contributed by atoms with Crippen LogP contribution < -0.4 is 0 Å². The van der Waals surface area contributed by atoms with E-state index in [-0.39, 0.29) is 3.53 Å². The van der Waals surface area contributed by atoms with E-state index in [9.17, 15) is 4.21 Å². The van der Waals surface area contributed by atoms with Gasteiger partial charge in [-0.1, -0.05) is 23.9 Å².